The number of nitrogens with zero attached hydrogens (tertiary/aromatic N) is 2. The molecule has 0 radical (unpaired) electrons. The summed E-state index contributed by atoms with van der Waals surface area (Å²) in [6, 6.07) is 5.74. The van der Waals surface area contributed by atoms with Crippen LogP contribution in [-0.2, 0) is 0 Å². The zero-order valence-electron chi connectivity index (χ0n) is 8.07. The van der Waals surface area contributed by atoms with E-state index in [-0.39, 0.29) is 0 Å². The van der Waals surface area contributed by atoms with Crippen LogP contribution in [-0.4, -0.2) is 21.7 Å². The quantitative estimate of drug-likeness (QED) is 0.735. The number of nitrogens with one attached hydrogen (secondary N) is 2. The van der Waals surface area contributed by atoms with Gasteiger partial charge in [-0.3, -0.25) is 10.1 Å². The van der Waals surface area contributed by atoms with Gasteiger partial charge in [-0.25, -0.2) is 0 Å². The molecule has 0 atom stereocenters. The van der Waals surface area contributed by atoms with E-state index in [4.69, 9.17) is 6.42 Å². The molecule has 4 nitrogen and oxygen atoms in total. The van der Waals surface area contributed by atoms with Crippen LogP contribution in [0.2, 0.25) is 0 Å². The Balaban J connectivity index is 2.18. The zero-order valence-corrected chi connectivity index (χ0v) is 8.07. The minimum absolute atomic E-state index is 0.470. The van der Waals surface area contributed by atoms with E-state index in [0.29, 0.717) is 6.54 Å². The lowest BCUT2D eigenvalue weighted by molar-refractivity contribution is 1.08. The maximum absolute atomic E-state index is 5.13. The average molecular weight is 198 g/mol. The number of hydrogen-bond acceptors (Lipinski definition) is 3. The van der Waals surface area contributed by atoms with E-state index < -0.39 is 0 Å². The predicted molar refractivity (Wildman–Crippen MR) is 59.1 cm³/mol. The zero-order chi connectivity index (χ0) is 10.5. The Bertz CT molecular complexity index is 467. The molecular formula is C11H10N4. The molecule has 0 aliphatic heterocycles. The van der Waals surface area contributed by atoms with Crippen molar-refractivity contribution in [1.82, 2.24) is 15.2 Å². The molecule has 0 aliphatic carbocycles. The molecule has 0 unspecified atom stereocenters. The first kappa shape index (κ1) is 9.28. The number of aromatic nitrogens is 3. The van der Waals surface area contributed by atoms with E-state index in [0.717, 1.165) is 17.1 Å². The maximum Gasteiger partial charge on any atom is 0.149 e. The van der Waals surface area contributed by atoms with Crippen molar-refractivity contribution < 1.29 is 0 Å². The van der Waals surface area contributed by atoms with Gasteiger partial charge >= 0.3 is 0 Å². The van der Waals surface area contributed by atoms with E-state index in [2.05, 4.69) is 26.4 Å². The third-order valence-corrected chi connectivity index (χ3v) is 1.92. The summed E-state index contributed by atoms with van der Waals surface area (Å²) in [6.45, 7) is 0.470. The number of rotatable bonds is 3. The highest BCUT2D eigenvalue weighted by atomic mass is 15.2. The average Bonchev–Trinajstić information content (AvgIpc) is 2.76. The van der Waals surface area contributed by atoms with Gasteiger partial charge in [0.1, 0.15) is 5.82 Å². The molecule has 0 spiro atoms. The van der Waals surface area contributed by atoms with Crippen molar-refractivity contribution in [3.05, 3.63) is 30.6 Å². The minimum atomic E-state index is 0.470. The normalized spacial score (nSPS) is 9.53. The molecule has 2 heterocycles. The van der Waals surface area contributed by atoms with Crippen LogP contribution in [0.25, 0.3) is 11.3 Å². The first-order valence-corrected chi connectivity index (χ1v) is 4.53. The largest absolute Gasteiger partial charge is 0.358 e. The second kappa shape index (κ2) is 4.29. The molecule has 2 aromatic heterocycles. The molecule has 0 aromatic carbocycles. The number of terminal acetylenes is 1. The Labute approximate surface area is 87.7 Å². The molecule has 0 fully saturated rings. The summed E-state index contributed by atoms with van der Waals surface area (Å²) >= 11 is 0. The molecule has 2 rings (SSSR count). The van der Waals surface area contributed by atoms with Gasteiger partial charge in [0.15, 0.2) is 0 Å². The van der Waals surface area contributed by atoms with Crippen LogP contribution in [0.3, 0.4) is 0 Å². The van der Waals surface area contributed by atoms with Crippen molar-refractivity contribution in [3.63, 3.8) is 0 Å². The van der Waals surface area contributed by atoms with Gasteiger partial charge in [0.05, 0.1) is 12.2 Å². The summed E-state index contributed by atoms with van der Waals surface area (Å²) in [5.41, 5.74) is 1.92. The van der Waals surface area contributed by atoms with Crippen molar-refractivity contribution >= 4 is 5.82 Å². The predicted octanol–water partition coefficient (Wildman–Crippen LogP) is 1.52. The van der Waals surface area contributed by atoms with Crippen LogP contribution in [0.4, 0.5) is 5.82 Å². The van der Waals surface area contributed by atoms with Crippen LogP contribution >= 0.6 is 0 Å². The Hall–Kier alpha value is -2.28. The third-order valence-electron chi connectivity index (χ3n) is 1.92. The van der Waals surface area contributed by atoms with Crippen molar-refractivity contribution in [3.8, 4) is 23.6 Å². The molecule has 74 valence electrons. The number of H-pyrrole nitrogens is 1. The standard InChI is InChI=1S/C11H10N4/c1-2-5-13-11-7-10(14-15-11)9-4-3-6-12-8-9/h1,3-4,6-8H,5H2,(H2,13,14,15). The Kier molecular flexibility index (Phi) is 2.65. The van der Waals surface area contributed by atoms with Crippen molar-refractivity contribution in [1.29, 1.82) is 0 Å². The molecule has 0 saturated carbocycles. The summed E-state index contributed by atoms with van der Waals surface area (Å²) in [6.07, 6.45) is 8.64. The molecule has 15 heavy (non-hydrogen) atoms. The van der Waals surface area contributed by atoms with E-state index >= 15 is 0 Å². The Morgan fingerprint density at radius 3 is 3.20 bits per heavy atom. The van der Waals surface area contributed by atoms with Crippen molar-refractivity contribution in [2.45, 2.75) is 0 Å². The first-order chi connectivity index (χ1) is 7.40. The van der Waals surface area contributed by atoms with Crippen molar-refractivity contribution in [2.24, 2.45) is 0 Å². The number of aromatic amines is 1. The molecule has 0 bridgehead atoms. The van der Waals surface area contributed by atoms with Crippen LogP contribution in [0.15, 0.2) is 30.6 Å². The number of hydrogen-bond donors (Lipinski definition) is 2. The highest BCUT2D eigenvalue weighted by Crippen LogP contribution is 2.17. The fourth-order valence-corrected chi connectivity index (χ4v) is 1.22. The van der Waals surface area contributed by atoms with E-state index in [1.54, 1.807) is 12.4 Å². The minimum Gasteiger partial charge on any atom is -0.358 e. The van der Waals surface area contributed by atoms with Gasteiger partial charge in [0.2, 0.25) is 0 Å². The van der Waals surface area contributed by atoms with E-state index in [9.17, 15) is 0 Å². The van der Waals surface area contributed by atoms with Gasteiger partial charge in [0, 0.05) is 24.0 Å². The van der Waals surface area contributed by atoms with Crippen LogP contribution in [0.1, 0.15) is 0 Å². The fraction of sp³-hybridized carbons (Fsp3) is 0.0909. The summed E-state index contributed by atoms with van der Waals surface area (Å²) < 4.78 is 0. The van der Waals surface area contributed by atoms with Gasteiger partial charge in [-0.15, -0.1) is 6.42 Å². The van der Waals surface area contributed by atoms with E-state index in [1.165, 1.54) is 0 Å². The summed E-state index contributed by atoms with van der Waals surface area (Å²) in [4.78, 5) is 4.03. The molecule has 4 heteroatoms. The lowest BCUT2D eigenvalue weighted by Gasteiger charge is -1.94. The molecule has 0 amide bonds. The highest BCUT2D eigenvalue weighted by molar-refractivity contribution is 5.61. The maximum atomic E-state index is 5.13. The molecule has 0 saturated heterocycles. The first-order valence-electron chi connectivity index (χ1n) is 4.53. The van der Waals surface area contributed by atoms with Gasteiger partial charge in [0.25, 0.3) is 0 Å². The Morgan fingerprint density at radius 2 is 2.47 bits per heavy atom. The van der Waals surface area contributed by atoms with Gasteiger partial charge in [-0.2, -0.15) is 5.10 Å². The number of anilines is 1. The fourth-order valence-electron chi connectivity index (χ4n) is 1.22. The van der Waals surface area contributed by atoms with E-state index in [1.807, 2.05) is 18.2 Å². The lowest BCUT2D eigenvalue weighted by atomic mass is 10.2. The van der Waals surface area contributed by atoms with Gasteiger partial charge < -0.3 is 5.32 Å². The molecule has 0 aliphatic rings. The monoisotopic (exact) mass is 198 g/mol. The Morgan fingerprint density at radius 1 is 1.53 bits per heavy atom. The second-order valence-corrected chi connectivity index (χ2v) is 2.97. The smallest absolute Gasteiger partial charge is 0.149 e. The summed E-state index contributed by atoms with van der Waals surface area (Å²) in [5.74, 6) is 3.23. The SMILES string of the molecule is C#CCNc1cc(-c2cccnc2)[nH]n1. The highest BCUT2D eigenvalue weighted by Gasteiger charge is 2.01. The summed E-state index contributed by atoms with van der Waals surface area (Å²) in [5, 5.41) is 9.97. The van der Waals surface area contributed by atoms with Gasteiger partial charge in [-0.05, 0) is 12.1 Å². The van der Waals surface area contributed by atoms with Crippen LogP contribution < -0.4 is 5.32 Å². The van der Waals surface area contributed by atoms with Crippen LogP contribution in [0, 0.1) is 12.3 Å². The lowest BCUT2D eigenvalue weighted by Crippen LogP contribution is -1.97. The third kappa shape index (κ3) is 2.15. The molecular weight excluding hydrogens is 188 g/mol. The molecule has 2 N–H and O–H groups in total. The topological polar surface area (TPSA) is 53.6 Å². The molecule has 2 aromatic rings. The van der Waals surface area contributed by atoms with Crippen molar-refractivity contribution in [2.75, 3.05) is 11.9 Å². The second-order valence-electron chi connectivity index (χ2n) is 2.97. The summed E-state index contributed by atoms with van der Waals surface area (Å²) in [7, 11) is 0. The van der Waals surface area contributed by atoms with Crippen LogP contribution in [0.5, 0.6) is 0 Å². The van der Waals surface area contributed by atoms with Gasteiger partial charge in [-0.1, -0.05) is 5.92 Å². The number of pyridine rings is 1.